The Bertz CT molecular complexity index is 721. The van der Waals surface area contributed by atoms with Crippen LogP contribution in [0.2, 0.25) is 0 Å². The Morgan fingerprint density at radius 1 is 1.00 bits per heavy atom. The third kappa shape index (κ3) is 5.23. The molecule has 0 aliphatic carbocycles. The summed E-state index contributed by atoms with van der Waals surface area (Å²) in [4.78, 5) is 16.9. The second-order valence-corrected chi connectivity index (χ2v) is 6.93. The van der Waals surface area contributed by atoms with E-state index in [0.717, 1.165) is 37.6 Å². The van der Waals surface area contributed by atoms with E-state index in [1.807, 2.05) is 24.3 Å². The van der Waals surface area contributed by atoms with Crippen LogP contribution in [0.1, 0.15) is 12.0 Å². The van der Waals surface area contributed by atoms with Crippen LogP contribution in [0.25, 0.3) is 0 Å². The van der Waals surface area contributed by atoms with Crippen LogP contribution in [0.3, 0.4) is 0 Å². The van der Waals surface area contributed by atoms with Gasteiger partial charge < -0.3 is 20.4 Å². The minimum absolute atomic E-state index is 0.0255. The molecule has 0 unspecified atom stereocenters. The van der Waals surface area contributed by atoms with Crippen LogP contribution < -0.4 is 15.5 Å². The lowest BCUT2D eigenvalue weighted by atomic mass is 10.2. The van der Waals surface area contributed by atoms with E-state index in [4.69, 9.17) is 0 Å². The van der Waals surface area contributed by atoms with E-state index in [2.05, 4.69) is 58.7 Å². The molecule has 2 aromatic carbocycles. The normalized spacial score (nSPS) is 14.9. The Hall–Kier alpha value is -2.53. The Kier molecular flexibility index (Phi) is 6.12. The second kappa shape index (κ2) is 8.72. The van der Waals surface area contributed by atoms with E-state index in [-0.39, 0.29) is 5.91 Å². The number of hydrogen-bond donors (Lipinski definition) is 2. The topological polar surface area (TPSA) is 47.6 Å². The fourth-order valence-electron chi connectivity index (χ4n) is 3.12. The SMILES string of the molecule is Cc1cccc(NCCC(=O)Nc2ccc(N3CCN(C)CC3)cc2)c1. The molecule has 1 saturated heterocycles. The first-order chi connectivity index (χ1) is 12.6. The van der Waals surface area contributed by atoms with Gasteiger partial charge in [-0.15, -0.1) is 0 Å². The number of rotatable bonds is 6. The van der Waals surface area contributed by atoms with Crippen molar-refractivity contribution in [2.24, 2.45) is 0 Å². The van der Waals surface area contributed by atoms with Crippen molar-refractivity contribution in [3.05, 3.63) is 54.1 Å². The molecule has 0 atom stereocenters. The zero-order valence-electron chi connectivity index (χ0n) is 15.7. The van der Waals surface area contributed by atoms with Crippen LogP contribution in [0.15, 0.2) is 48.5 Å². The lowest BCUT2D eigenvalue weighted by Crippen LogP contribution is -2.44. The van der Waals surface area contributed by atoms with Crippen molar-refractivity contribution in [1.82, 2.24) is 4.90 Å². The van der Waals surface area contributed by atoms with Gasteiger partial charge in [-0.1, -0.05) is 12.1 Å². The van der Waals surface area contributed by atoms with Crippen LogP contribution in [-0.4, -0.2) is 50.6 Å². The molecule has 0 aromatic heterocycles. The van der Waals surface area contributed by atoms with Gasteiger partial charge in [0.25, 0.3) is 0 Å². The number of nitrogens with zero attached hydrogens (tertiary/aromatic N) is 2. The van der Waals surface area contributed by atoms with Crippen LogP contribution in [0.5, 0.6) is 0 Å². The standard InChI is InChI=1S/C21H28N4O/c1-17-4-3-5-19(16-17)22-11-10-21(26)23-18-6-8-20(9-7-18)25-14-12-24(2)13-15-25/h3-9,16,22H,10-15H2,1-2H3,(H,23,26). The van der Waals surface area contributed by atoms with E-state index >= 15 is 0 Å². The number of anilines is 3. The van der Waals surface area contributed by atoms with Crippen LogP contribution in [-0.2, 0) is 4.79 Å². The molecule has 5 heteroatoms. The maximum Gasteiger partial charge on any atom is 0.226 e. The molecule has 0 bridgehead atoms. The fraction of sp³-hybridized carbons (Fsp3) is 0.381. The van der Waals surface area contributed by atoms with Crippen molar-refractivity contribution in [1.29, 1.82) is 0 Å². The monoisotopic (exact) mass is 352 g/mol. The first-order valence-corrected chi connectivity index (χ1v) is 9.24. The number of carbonyl (C=O) groups is 1. The van der Waals surface area contributed by atoms with Gasteiger partial charge in [0.1, 0.15) is 0 Å². The summed E-state index contributed by atoms with van der Waals surface area (Å²) in [7, 11) is 2.16. The van der Waals surface area contributed by atoms with E-state index in [1.54, 1.807) is 0 Å². The molecule has 0 radical (unpaired) electrons. The molecule has 1 fully saturated rings. The number of likely N-dealkylation sites (N-methyl/N-ethyl adjacent to an activating group) is 1. The highest BCUT2D eigenvalue weighted by molar-refractivity contribution is 5.91. The third-order valence-electron chi connectivity index (χ3n) is 4.72. The van der Waals surface area contributed by atoms with Crippen molar-refractivity contribution >= 4 is 23.0 Å². The van der Waals surface area contributed by atoms with Gasteiger partial charge in [-0.2, -0.15) is 0 Å². The second-order valence-electron chi connectivity index (χ2n) is 6.93. The predicted octanol–water partition coefficient (Wildman–Crippen LogP) is 3.19. The van der Waals surface area contributed by atoms with E-state index in [0.29, 0.717) is 13.0 Å². The average Bonchev–Trinajstić information content (AvgIpc) is 2.63. The zero-order chi connectivity index (χ0) is 18.4. The van der Waals surface area contributed by atoms with E-state index < -0.39 is 0 Å². The summed E-state index contributed by atoms with van der Waals surface area (Å²) in [5.74, 6) is 0.0255. The fourth-order valence-corrected chi connectivity index (χ4v) is 3.12. The number of hydrogen-bond acceptors (Lipinski definition) is 4. The summed E-state index contributed by atoms with van der Waals surface area (Å²) in [6.45, 7) is 6.96. The minimum Gasteiger partial charge on any atom is -0.385 e. The van der Waals surface area contributed by atoms with Crippen molar-refractivity contribution in [3.63, 3.8) is 0 Å². The van der Waals surface area contributed by atoms with Gasteiger partial charge >= 0.3 is 0 Å². The van der Waals surface area contributed by atoms with Crippen LogP contribution in [0.4, 0.5) is 17.1 Å². The molecule has 1 heterocycles. The zero-order valence-corrected chi connectivity index (χ0v) is 15.7. The van der Waals surface area contributed by atoms with Gasteiger partial charge in [0.05, 0.1) is 0 Å². The third-order valence-corrected chi connectivity index (χ3v) is 4.72. The van der Waals surface area contributed by atoms with Gasteiger partial charge in [0.2, 0.25) is 5.91 Å². The van der Waals surface area contributed by atoms with Gasteiger partial charge in [-0.05, 0) is 55.9 Å². The van der Waals surface area contributed by atoms with E-state index in [1.165, 1.54) is 11.3 Å². The van der Waals surface area contributed by atoms with Crippen molar-refractivity contribution in [2.45, 2.75) is 13.3 Å². The first kappa shape index (κ1) is 18.3. The molecular formula is C21H28N4O. The summed E-state index contributed by atoms with van der Waals surface area (Å²) < 4.78 is 0. The van der Waals surface area contributed by atoms with Gasteiger partial charge in [-0.25, -0.2) is 0 Å². The maximum atomic E-state index is 12.1. The summed E-state index contributed by atoms with van der Waals surface area (Å²) in [6.07, 6.45) is 0.439. The molecule has 1 amide bonds. The summed E-state index contributed by atoms with van der Waals surface area (Å²) in [6, 6.07) is 16.3. The molecule has 3 rings (SSSR count). The number of nitrogens with one attached hydrogen (secondary N) is 2. The van der Waals surface area contributed by atoms with Gasteiger partial charge in [0.15, 0.2) is 0 Å². The first-order valence-electron chi connectivity index (χ1n) is 9.24. The highest BCUT2D eigenvalue weighted by atomic mass is 16.1. The Balaban J connectivity index is 1.44. The molecule has 1 aliphatic heterocycles. The van der Waals surface area contributed by atoms with Crippen LogP contribution >= 0.6 is 0 Å². The molecule has 2 N–H and O–H groups in total. The van der Waals surface area contributed by atoms with Gasteiger partial charge in [0, 0.05) is 56.2 Å². The van der Waals surface area contributed by atoms with Crippen molar-refractivity contribution in [3.8, 4) is 0 Å². The quantitative estimate of drug-likeness (QED) is 0.838. The molecule has 26 heavy (non-hydrogen) atoms. The molecule has 1 aliphatic rings. The lowest BCUT2D eigenvalue weighted by molar-refractivity contribution is -0.115. The predicted molar refractivity (Wildman–Crippen MR) is 109 cm³/mol. The molecule has 2 aromatic rings. The summed E-state index contributed by atoms with van der Waals surface area (Å²) >= 11 is 0. The molecule has 138 valence electrons. The Labute approximate surface area is 156 Å². The number of aryl methyl sites for hydroxylation is 1. The summed E-state index contributed by atoms with van der Waals surface area (Å²) in [5.41, 5.74) is 4.33. The molecule has 0 saturated carbocycles. The highest BCUT2D eigenvalue weighted by Gasteiger charge is 2.14. The van der Waals surface area contributed by atoms with Gasteiger partial charge in [-0.3, -0.25) is 4.79 Å². The maximum absolute atomic E-state index is 12.1. The van der Waals surface area contributed by atoms with Crippen molar-refractivity contribution < 1.29 is 4.79 Å². The van der Waals surface area contributed by atoms with E-state index in [9.17, 15) is 4.79 Å². The number of carbonyl (C=O) groups excluding carboxylic acids is 1. The molecule has 5 nitrogen and oxygen atoms in total. The number of benzene rings is 2. The average molecular weight is 352 g/mol. The molecule has 0 spiro atoms. The number of piperazine rings is 1. The number of amides is 1. The highest BCUT2D eigenvalue weighted by Crippen LogP contribution is 2.19. The lowest BCUT2D eigenvalue weighted by Gasteiger charge is -2.34. The smallest absolute Gasteiger partial charge is 0.226 e. The summed E-state index contributed by atoms with van der Waals surface area (Å²) in [5, 5.41) is 6.26. The van der Waals surface area contributed by atoms with Crippen LogP contribution in [0, 0.1) is 6.92 Å². The Morgan fingerprint density at radius 3 is 2.42 bits per heavy atom. The largest absolute Gasteiger partial charge is 0.385 e. The Morgan fingerprint density at radius 2 is 1.73 bits per heavy atom. The van der Waals surface area contributed by atoms with Crippen molar-refractivity contribution in [2.75, 3.05) is 55.3 Å². The molecular weight excluding hydrogens is 324 g/mol. The minimum atomic E-state index is 0.0255.